The van der Waals surface area contributed by atoms with Gasteiger partial charge in [-0.1, -0.05) is 49.7 Å². The first-order valence-electron chi connectivity index (χ1n) is 10.8. The molecule has 30 heavy (non-hydrogen) atoms. The van der Waals surface area contributed by atoms with Crippen molar-refractivity contribution in [1.82, 2.24) is 10.2 Å². The zero-order chi connectivity index (χ0) is 21.3. The lowest BCUT2D eigenvalue weighted by Crippen LogP contribution is -2.41. The molecule has 1 unspecified atom stereocenters. The monoisotopic (exact) mass is 404 g/mol. The second-order valence-corrected chi connectivity index (χ2v) is 8.51. The van der Waals surface area contributed by atoms with E-state index in [4.69, 9.17) is 0 Å². The summed E-state index contributed by atoms with van der Waals surface area (Å²) in [5.74, 6) is -0.600. The van der Waals surface area contributed by atoms with Gasteiger partial charge in [-0.15, -0.1) is 0 Å². The molecule has 2 aromatic rings. The van der Waals surface area contributed by atoms with Crippen molar-refractivity contribution in [2.45, 2.75) is 57.9 Å². The van der Waals surface area contributed by atoms with Crippen LogP contribution in [0.2, 0.25) is 0 Å². The molecule has 1 N–H and O–H groups in total. The zero-order valence-electron chi connectivity index (χ0n) is 17.7. The lowest BCUT2D eigenvalue weighted by molar-refractivity contribution is -0.130. The molecule has 156 valence electrons. The number of rotatable bonds is 6. The summed E-state index contributed by atoms with van der Waals surface area (Å²) in [4.78, 5) is 39.6. The number of nitrogens with one attached hydrogen (secondary N) is 1. The van der Waals surface area contributed by atoms with Crippen LogP contribution in [0.4, 0.5) is 4.79 Å². The molecule has 0 saturated carbocycles. The van der Waals surface area contributed by atoms with E-state index in [9.17, 15) is 14.4 Å². The first kappa shape index (κ1) is 20.3. The lowest BCUT2D eigenvalue weighted by atomic mass is 9.89. The van der Waals surface area contributed by atoms with Gasteiger partial charge >= 0.3 is 6.03 Å². The first-order valence-corrected chi connectivity index (χ1v) is 10.8. The molecule has 1 aliphatic carbocycles. The number of imide groups is 1. The average Bonchev–Trinajstić information content (AvgIpc) is 2.98. The van der Waals surface area contributed by atoms with E-state index in [-0.39, 0.29) is 18.2 Å². The molecule has 3 amide bonds. The van der Waals surface area contributed by atoms with Gasteiger partial charge in [-0.3, -0.25) is 14.5 Å². The van der Waals surface area contributed by atoms with Crippen LogP contribution in [0, 0.1) is 0 Å². The number of fused-ring (bicyclic) bond motifs is 1. The number of hydrogen-bond donors (Lipinski definition) is 1. The highest BCUT2D eigenvalue weighted by Crippen LogP contribution is 2.30. The van der Waals surface area contributed by atoms with Gasteiger partial charge in [-0.25, -0.2) is 4.79 Å². The van der Waals surface area contributed by atoms with Gasteiger partial charge in [-0.05, 0) is 67.3 Å². The van der Waals surface area contributed by atoms with Gasteiger partial charge < -0.3 is 5.32 Å². The van der Waals surface area contributed by atoms with Crippen LogP contribution in [0.1, 0.15) is 65.7 Å². The van der Waals surface area contributed by atoms with Crippen molar-refractivity contribution >= 4 is 17.7 Å². The maximum atomic E-state index is 13.1. The third-order valence-electron chi connectivity index (χ3n) is 6.32. The Balaban J connectivity index is 1.52. The highest BCUT2D eigenvalue weighted by Gasteiger charge is 2.49. The number of carbonyl (C=O) groups excluding carboxylic acids is 3. The van der Waals surface area contributed by atoms with E-state index in [1.54, 1.807) is 6.92 Å². The number of carbonyl (C=O) groups is 3. The normalized spacial score (nSPS) is 20.8. The molecule has 0 spiro atoms. The van der Waals surface area contributed by atoms with Crippen molar-refractivity contribution in [3.63, 3.8) is 0 Å². The van der Waals surface area contributed by atoms with E-state index in [1.807, 2.05) is 42.5 Å². The smallest absolute Gasteiger partial charge is 0.319 e. The SMILES string of the molecule is CCCc1ccc(C2(C)NC(=O)N(CC(=O)c3ccc4c(c3)CCCC4)C2=O)cc1. The summed E-state index contributed by atoms with van der Waals surface area (Å²) < 4.78 is 0. The van der Waals surface area contributed by atoms with Crippen LogP contribution in [0.25, 0.3) is 0 Å². The van der Waals surface area contributed by atoms with E-state index < -0.39 is 11.6 Å². The summed E-state index contributed by atoms with van der Waals surface area (Å²) in [5, 5.41) is 2.79. The molecule has 2 aliphatic rings. The van der Waals surface area contributed by atoms with E-state index in [0.717, 1.165) is 42.6 Å². The van der Waals surface area contributed by atoms with Crippen LogP contribution in [0.3, 0.4) is 0 Å². The molecule has 4 rings (SSSR count). The second-order valence-electron chi connectivity index (χ2n) is 8.51. The van der Waals surface area contributed by atoms with Crippen molar-refractivity contribution in [2.75, 3.05) is 6.54 Å². The van der Waals surface area contributed by atoms with Gasteiger partial charge in [-0.2, -0.15) is 0 Å². The van der Waals surface area contributed by atoms with Gasteiger partial charge in [0.05, 0.1) is 6.54 Å². The highest BCUT2D eigenvalue weighted by molar-refractivity contribution is 6.11. The Hall–Kier alpha value is -2.95. The fourth-order valence-electron chi connectivity index (χ4n) is 4.47. The number of nitrogens with zero attached hydrogens (tertiary/aromatic N) is 1. The Bertz CT molecular complexity index is 996. The molecule has 1 atom stereocenters. The fraction of sp³-hybridized carbons (Fsp3) is 0.400. The minimum Gasteiger partial charge on any atom is -0.319 e. The summed E-state index contributed by atoms with van der Waals surface area (Å²) in [7, 11) is 0. The van der Waals surface area contributed by atoms with Crippen molar-refractivity contribution in [3.8, 4) is 0 Å². The molecule has 5 nitrogen and oxygen atoms in total. The Morgan fingerprint density at radius 1 is 1.03 bits per heavy atom. The number of hydrogen-bond acceptors (Lipinski definition) is 3. The average molecular weight is 405 g/mol. The van der Waals surface area contributed by atoms with Gasteiger partial charge in [0.1, 0.15) is 5.54 Å². The molecule has 0 aromatic heterocycles. The quantitative estimate of drug-likeness (QED) is 0.580. The van der Waals surface area contributed by atoms with Gasteiger partial charge in [0.2, 0.25) is 0 Å². The van der Waals surface area contributed by atoms with E-state index in [2.05, 4.69) is 12.2 Å². The molecule has 1 fully saturated rings. The number of amides is 3. The Morgan fingerprint density at radius 3 is 2.43 bits per heavy atom. The summed E-state index contributed by atoms with van der Waals surface area (Å²) in [5.41, 5.74) is 3.84. The molecular formula is C25H28N2O3. The summed E-state index contributed by atoms with van der Waals surface area (Å²) in [6.45, 7) is 3.58. The minimum absolute atomic E-state index is 0.214. The van der Waals surface area contributed by atoms with Crippen LogP contribution < -0.4 is 5.32 Å². The number of ketones is 1. The lowest BCUT2D eigenvalue weighted by Gasteiger charge is -2.22. The molecule has 0 bridgehead atoms. The number of Topliss-reactive ketones (excluding diaryl/α,β-unsaturated/α-hetero) is 1. The number of aryl methyl sites for hydroxylation is 3. The fourth-order valence-corrected chi connectivity index (χ4v) is 4.47. The minimum atomic E-state index is -1.15. The Morgan fingerprint density at radius 2 is 1.73 bits per heavy atom. The molecule has 1 aliphatic heterocycles. The molecule has 1 saturated heterocycles. The topological polar surface area (TPSA) is 66.5 Å². The van der Waals surface area contributed by atoms with Crippen LogP contribution >= 0.6 is 0 Å². The van der Waals surface area contributed by atoms with Crippen molar-refractivity contribution in [1.29, 1.82) is 0 Å². The largest absolute Gasteiger partial charge is 0.325 e. The van der Waals surface area contributed by atoms with Gasteiger partial charge in [0, 0.05) is 5.56 Å². The van der Waals surface area contributed by atoms with Crippen molar-refractivity contribution < 1.29 is 14.4 Å². The van der Waals surface area contributed by atoms with Crippen LogP contribution in [-0.2, 0) is 29.6 Å². The maximum absolute atomic E-state index is 13.1. The van der Waals surface area contributed by atoms with Crippen molar-refractivity contribution in [2.24, 2.45) is 0 Å². The predicted octanol–water partition coefficient (Wildman–Crippen LogP) is 4.17. The molecule has 0 radical (unpaired) electrons. The number of urea groups is 1. The van der Waals surface area contributed by atoms with E-state index in [0.29, 0.717) is 5.56 Å². The summed E-state index contributed by atoms with van der Waals surface area (Å²) in [6.07, 6.45) is 6.36. The molecule has 2 aromatic carbocycles. The molecule has 1 heterocycles. The van der Waals surface area contributed by atoms with Crippen LogP contribution in [0.5, 0.6) is 0 Å². The van der Waals surface area contributed by atoms with Crippen LogP contribution in [0.15, 0.2) is 42.5 Å². The molecular weight excluding hydrogens is 376 g/mol. The summed E-state index contributed by atoms with van der Waals surface area (Å²) in [6, 6.07) is 13.0. The third-order valence-corrected chi connectivity index (χ3v) is 6.32. The van der Waals surface area contributed by atoms with E-state index in [1.165, 1.54) is 23.1 Å². The Kier molecular flexibility index (Phi) is 5.46. The highest BCUT2D eigenvalue weighted by atomic mass is 16.2. The van der Waals surface area contributed by atoms with Crippen LogP contribution in [-0.4, -0.2) is 29.2 Å². The molecule has 5 heteroatoms. The van der Waals surface area contributed by atoms with Gasteiger partial charge in [0.25, 0.3) is 5.91 Å². The maximum Gasteiger partial charge on any atom is 0.325 e. The zero-order valence-corrected chi connectivity index (χ0v) is 17.7. The predicted molar refractivity (Wildman–Crippen MR) is 115 cm³/mol. The first-order chi connectivity index (χ1) is 14.4. The third kappa shape index (κ3) is 3.64. The van der Waals surface area contributed by atoms with Gasteiger partial charge in [0.15, 0.2) is 5.78 Å². The Labute approximate surface area is 177 Å². The number of benzene rings is 2. The van der Waals surface area contributed by atoms with Crippen molar-refractivity contribution in [3.05, 3.63) is 70.3 Å². The standard InChI is InChI=1S/C25H28N2O3/c1-3-6-17-9-13-21(14-10-17)25(2)23(29)27(24(30)26-25)16-22(28)20-12-11-18-7-4-5-8-19(18)15-20/h9-15H,3-8,16H2,1-2H3,(H,26,30). The summed E-state index contributed by atoms with van der Waals surface area (Å²) >= 11 is 0. The second kappa shape index (κ2) is 8.05. The van der Waals surface area contributed by atoms with E-state index >= 15 is 0 Å².